The molecular formula is C28H30BrCl2N3O4S. The van der Waals surface area contributed by atoms with E-state index in [0.29, 0.717) is 6.54 Å². The average Bonchev–Trinajstić information content (AvgIpc) is 2.87. The molecule has 0 bridgehead atoms. The Balaban J connectivity index is 2.06. The maximum absolute atomic E-state index is 14.0. The van der Waals surface area contributed by atoms with Crippen LogP contribution in [0.15, 0.2) is 77.3 Å². The van der Waals surface area contributed by atoms with E-state index in [1.165, 1.54) is 23.1 Å². The number of benzene rings is 3. The zero-order chi connectivity index (χ0) is 28.6. The van der Waals surface area contributed by atoms with Crippen LogP contribution in [-0.4, -0.2) is 50.5 Å². The molecule has 2 amide bonds. The number of nitrogens with one attached hydrogen (secondary N) is 1. The molecule has 0 fully saturated rings. The number of carbonyl (C=O) groups excluding carboxylic acids is 2. The first kappa shape index (κ1) is 30.9. The average molecular weight is 655 g/mol. The first-order valence-corrected chi connectivity index (χ1v) is 15.7. The molecule has 0 aliphatic rings. The van der Waals surface area contributed by atoms with Gasteiger partial charge in [-0.15, -0.1) is 0 Å². The van der Waals surface area contributed by atoms with Gasteiger partial charge in [0.2, 0.25) is 21.8 Å². The summed E-state index contributed by atoms with van der Waals surface area (Å²) in [4.78, 5) is 28.9. The van der Waals surface area contributed by atoms with E-state index < -0.39 is 28.5 Å². The second-order valence-corrected chi connectivity index (χ2v) is 12.7. The summed E-state index contributed by atoms with van der Waals surface area (Å²) >= 11 is 15.7. The molecule has 0 heterocycles. The monoisotopic (exact) mass is 653 g/mol. The van der Waals surface area contributed by atoms with Crippen LogP contribution in [-0.2, 0) is 32.6 Å². The van der Waals surface area contributed by atoms with Crippen molar-refractivity contribution in [2.24, 2.45) is 0 Å². The fraction of sp³-hybridized carbons (Fsp3) is 0.286. The highest BCUT2D eigenvalue weighted by atomic mass is 79.9. The Morgan fingerprint density at radius 3 is 2.18 bits per heavy atom. The van der Waals surface area contributed by atoms with Gasteiger partial charge in [0.05, 0.1) is 11.9 Å². The summed E-state index contributed by atoms with van der Waals surface area (Å²) in [6, 6.07) is 20.2. The van der Waals surface area contributed by atoms with E-state index in [0.717, 1.165) is 32.6 Å². The van der Waals surface area contributed by atoms with Gasteiger partial charge in [-0.25, -0.2) is 8.42 Å². The zero-order valence-electron chi connectivity index (χ0n) is 21.6. The summed E-state index contributed by atoms with van der Waals surface area (Å²) in [5.41, 5.74) is 1.79. The minimum Gasteiger partial charge on any atom is -0.354 e. The molecule has 0 radical (unpaired) electrons. The highest BCUT2D eigenvalue weighted by Crippen LogP contribution is 2.27. The number of hydrogen-bond acceptors (Lipinski definition) is 4. The molecule has 0 aliphatic heterocycles. The topological polar surface area (TPSA) is 86.8 Å². The molecule has 208 valence electrons. The number of halogens is 3. The van der Waals surface area contributed by atoms with Gasteiger partial charge >= 0.3 is 0 Å². The molecule has 0 spiro atoms. The molecule has 0 saturated carbocycles. The Bertz CT molecular complexity index is 1390. The van der Waals surface area contributed by atoms with Gasteiger partial charge in [-0.05, 0) is 47.9 Å². The van der Waals surface area contributed by atoms with Gasteiger partial charge in [0.1, 0.15) is 12.6 Å². The third-order valence-corrected chi connectivity index (χ3v) is 7.95. The van der Waals surface area contributed by atoms with Crippen molar-refractivity contribution in [1.82, 2.24) is 10.2 Å². The largest absolute Gasteiger partial charge is 0.354 e. The number of amides is 2. The number of hydrogen-bond donors (Lipinski definition) is 1. The Morgan fingerprint density at radius 2 is 1.59 bits per heavy atom. The van der Waals surface area contributed by atoms with Gasteiger partial charge in [-0.1, -0.05) is 88.5 Å². The minimum atomic E-state index is -3.92. The molecule has 1 N–H and O–H groups in total. The summed E-state index contributed by atoms with van der Waals surface area (Å²) in [6.07, 6.45) is 1.97. The minimum absolute atomic E-state index is 0.0865. The lowest BCUT2D eigenvalue weighted by molar-refractivity contribution is -0.140. The molecule has 1 atom stereocenters. The highest BCUT2D eigenvalue weighted by Gasteiger charge is 2.33. The lowest BCUT2D eigenvalue weighted by Crippen LogP contribution is -2.53. The van der Waals surface area contributed by atoms with Crippen LogP contribution in [0, 0.1) is 0 Å². The van der Waals surface area contributed by atoms with E-state index in [9.17, 15) is 18.0 Å². The molecule has 0 unspecified atom stereocenters. The van der Waals surface area contributed by atoms with Gasteiger partial charge in [0, 0.05) is 34.0 Å². The standard InChI is InChI=1S/C28H30BrCl2N3O4S/c1-3-12-32-28(36)26(14-20-8-5-4-6-9-20)33(18-21-10-7-11-22(29)13-21)27(35)19-34(39(2,37)38)25-16-23(30)15-24(31)17-25/h4-11,13,15-17,26H,3,12,14,18-19H2,1-2H3,(H,32,36)/t26-/m1/s1. The zero-order valence-corrected chi connectivity index (χ0v) is 25.5. The van der Waals surface area contributed by atoms with E-state index in [1.54, 1.807) is 0 Å². The van der Waals surface area contributed by atoms with Crippen molar-refractivity contribution in [3.8, 4) is 0 Å². The maximum atomic E-state index is 14.0. The normalized spacial score (nSPS) is 12.0. The second-order valence-electron chi connectivity index (χ2n) is 9.05. The predicted octanol–water partition coefficient (Wildman–Crippen LogP) is 5.69. The molecule has 0 saturated heterocycles. The Kier molecular flexibility index (Phi) is 11.2. The van der Waals surface area contributed by atoms with Crippen LogP contribution >= 0.6 is 39.1 Å². The Hall–Kier alpha value is -2.59. The van der Waals surface area contributed by atoms with Crippen molar-refractivity contribution in [3.63, 3.8) is 0 Å². The van der Waals surface area contributed by atoms with Crippen LogP contribution < -0.4 is 9.62 Å². The smallest absolute Gasteiger partial charge is 0.244 e. The Morgan fingerprint density at radius 1 is 0.949 bits per heavy atom. The maximum Gasteiger partial charge on any atom is 0.244 e. The van der Waals surface area contributed by atoms with Gasteiger partial charge in [0.15, 0.2) is 0 Å². The fourth-order valence-electron chi connectivity index (χ4n) is 4.05. The van der Waals surface area contributed by atoms with Crippen molar-refractivity contribution in [2.45, 2.75) is 32.4 Å². The molecular weight excluding hydrogens is 625 g/mol. The fourth-order valence-corrected chi connectivity index (χ4v) is 5.84. The molecule has 3 rings (SSSR count). The molecule has 39 heavy (non-hydrogen) atoms. The van der Waals surface area contributed by atoms with Gasteiger partial charge in [-0.3, -0.25) is 13.9 Å². The van der Waals surface area contributed by atoms with Crippen molar-refractivity contribution in [2.75, 3.05) is 23.7 Å². The molecule has 3 aromatic carbocycles. The predicted molar refractivity (Wildman–Crippen MR) is 161 cm³/mol. The Labute approximate surface area is 248 Å². The van der Waals surface area contributed by atoms with Gasteiger partial charge in [0.25, 0.3) is 0 Å². The van der Waals surface area contributed by atoms with Crippen molar-refractivity contribution < 1.29 is 18.0 Å². The lowest BCUT2D eigenvalue weighted by Gasteiger charge is -2.33. The number of rotatable bonds is 12. The molecule has 7 nitrogen and oxygen atoms in total. The first-order chi connectivity index (χ1) is 18.5. The van der Waals surface area contributed by atoms with E-state index in [1.807, 2.05) is 61.5 Å². The number of sulfonamides is 1. The van der Waals surface area contributed by atoms with E-state index in [2.05, 4.69) is 21.2 Å². The lowest BCUT2D eigenvalue weighted by atomic mass is 10.0. The number of anilines is 1. The molecule has 0 aliphatic carbocycles. The van der Waals surface area contributed by atoms with Crippen molar-refractivity contribution in [3.05, 3.63) is 98.4 Å². The van der Waals surface area contributed by atoms with Crippen molar-refractivity contribution in [1.29, 1.82) is 0 Å². The van der Waals surface area contributed by atoms with E-state index in [-0.39, 0.29) is 34.6 Å². The summed E-state index contributed by atoms with van der Waals surface area (Å²) in [7, 11) is -3.92. The number of carbonyl (C=O) groups is 2. The first-order valence-electron chi connectivity index (χ1n) is 12.3. The molecule has 0 aromatic heterocycles. The second kappa shape index (κ2) is 14.2. The van der Waals surface area contributed by atoms with E-state index in [4.69, 9.17) is 23.2 Å². The SMILES string of the molecule is CCCNC(=O)[C@@H](Cc1ccccc1)N(Cc1cccc(Br)c1)C(=O)CN(c1cc(Cl)cc(Cl)c1)S(C)(=O)=O. The number of nitrogens with zero attached hydrogens (tertiary/aromatic N) is 2. The third kappa shape index (κ3) is 9.24. The van der Waals surface area contributed by atoms with Crippen LogP contribution in [0.5, 0.6) is 0 Å². The van der Waals surface area contributed by atoms with Crippen LogP contribution in [0.3, 0.4) is 0 Å². The van der Waals surface area contributed by atoms with E-state index >= 15 is 0 Å². The summed E-state index contributed by atoms with van der Waals surface area (Å²) in [5.74, 6) is -0.871. The highest BCUT2D eigenvalue weighted by molar-refractivity contribution is 9.10. The van der Waals surface area contributed by atoms with Crippen molar-refractivity contribution >= 4 is 66.7 Å². The summed E-state index contributed by atoms with van der Waals surface area (Å²) < 4.78 is 27.4. The van der Waals surface area contributed by atoms with Crippen LogP contribution in [0.2, 0.25) is 10.0 Å². The van der Waals surface area contributed by atoms with Crippen LogP contribution in [0.1, 0.15) is 24.5 Å². The van der Waals surface area contributed by atoms with Crippen LogP contribution in [0.4, 0.5) is 5.69 Å². The molecule has 3 aromatic rings. The van der Waals surface area contributed by atoms with Gasteiger partial charge in [-0.2, -0.15) is 0 Å². The summed E-state index contributed by atoms with van der Waals surface area (Å²) in [6.45, 7) is 1.93. The quantitative estimate of drug-likeness (QED) is 0.272. The third-order valence-electron chi connectivity index (χ3n) is 5.88. The summed E-state index contributed by atoms with van der Waals surface area (Å²) in [5, 5.41) is 3.36. The van der Waals surface area contributed by atoms with Gasteiger partial charge < -0.3 is 10.2 Å². The molecule has 11 heteroatoms. The van der Waals surface area contributed by atoms with Crippen LogP contribution in [0.25, 0.3) is 0 Å².